The average Bonchev–Trinajstić information content (AvgIpc) is 3.30. The van der Waals surface area contributed by atoms with Crippen LogP contribution in [0.1, 0.15) is 33.7 Å². The van der Waals surface area contributed by atoms with Crippen molar-refractivity contribution in [2.75, 3.05) is 18.6 Å². The monoisotopic (exact) mass is 524 g/mol. The molecule has 1 fully saturated rings. The Kier molecular flexibility index (Phi) is 6.76. The molecular formula is C25H24ClF3N2O3S. The number of hydrogen-bond donors (Lipinski definition) is 0. The molecule has 1 aliphatic rings. The number of nitrogens with zero attached hydrogens (tertiary/aromatic N) is 2. The largest absolute Gasteiger partial charge is 0.431 e. The van der Waals surface area contributed by atoms with Crippen LogP contribution in [0.2, 0.25) is 5.02 Å². The van der Waals surface area contributed by atoms with E-state index in [0.29, 0.717) is 16.1 Å². The fourth-order valence-corrected chi connectivity index (χ4v) is 6.54. The summed E-state index contributed by atoms with van der Waals surface area (Å²) in [5.41, 5.74) is 0.0416. The lowest BCUT2D eigenvalue weighted by Gasteiger charge is -2.25. The first-order valence-corrected chi connectivity index (χ1v) is 13.2. The Hall–Kier alpha value is -2.78. The average molecular weight is 525 g/mol. The van der Waals surface area contributed by atoms with Crippen LogP contribution >= 0.6 is 11.6 Å². The quantitative estimate of drug-likeness (QED) is 0.446. The molecule has 1 saturated heterocycles. The Morgan fingerprint density at radius 2 is 1.74 bits per heavy atom. The molecule has 1 aromatic heterocycles. The third-order valence-electron chi connectivity index (χ3n) is 6.37. The molecule has 0 bridgehead atoms. The molecule has 1 amide bonds. The maximum Gasteiger partial charge on any atom is 0.431 e. The summed E-state index contributed by atoms with van der Waals surface area (Å²) in [5.74, 6) is -0.931. The van der Waals surface area contributed by atoms with E-state index in [0.717, 1.165) is 4.57 Å². The highest BCUT2D eigenvalue weighted by Gasteiger charge is 2.42. The Bertz CT molecular complexity index is 1350. The second-order valence-electron chi connectivity index (χ2n) is 8.75. The molecule has 0 N–H and O–H groups in total. The van der Waals surface area contributed by atoms with Crippen LogP contribution < -0.4 is 0 Å². The van der Waals surface area contributed by atoms with E-state index in [1.54, 1.807) is 54.6 Å². The highest BCUT2D eigenvalue weighted by atomic mass is 35.5. The molecule has 35 heavy (non-hydrogen) atoms. The van der Waals surface area contributed by atoms with Crippen LogP contribution in [-0.2, 0) is 22.6 Å². The number of hydrogen-bond acceptors (Lipinski definition) is 3. The summed E-state index contributed by atoms with van der Waals surface area (Å²) < 4.78 is 68.3. The molecule has 1 unspecified atom stereocenters. The van der Waals surface area contributed by atoms with E-state index in [4.69, 9.17) is 11.6 Å². The number of carbonyl (C=O) groups excluding carboxylic acids is 1. The van der Waals surface area contributed by atoms with Crippen molar-refractivity contribution in [1.29, 1.82) is 0 Å². The fraction of sp³-hybridized carbons (Fsp3) is 0.320. The SMILES string of the molecule is Cc1c(-c2ccc(Cl)cc2)c(C(=O)N(C)C2CCS(=O)(=O)C2)n(Cc2ccccc2)c1C(F)(F)F. The molecule has 186 valence electrons. The molecule has 0 spiro atoms. The van der Waals surface area contributed by atoms with Crippen molar-refractivity contribution in [3.8, 4) is 11.1 Å². The number of carbonyl (C=O) groups is 1. The van der Waals surface area contributed by atoms with Gasteiger partial charge in [0.2, 0.25) is 0 Å². The van der Waals surface area contributed by atoms with Crippen LogP contribution in [0.25, 0.3) is 11.1 Å². The van der Waals surface area contributed by atoms with Gasteiger partial charge in [0.25, 0.3) is 5.91 Å². The second-order valence-corrected chi connectivity index (χ2v) is 11.4. The summed E-state index contributed by atoms with van der Waals surface area (Å²) in [6.07, 6.45) is -4.49. The summed E-state index contributed by atoms with van der Waals surface area (Å²) >= 11 is 6.00. The first-order valence-electron chi connectivity index (χ1n) is 11.0. The molecule has 2 heterocycles. The first kappa shape index (κ1) is 25.3. The van der Waals surface area contributed by atoms with Gasteiger partial charge in [-0.15, -0.1) is 0 Å². The zero-order valence-electron chi connectivity index (χ0n) is 19.1. The van der Waals surface area contributed by atoms with Crippen LogP contribution in [0.3, 0.4) is 0 Å². The highest BCUT2D eigenvalue weighted by Crippen LogP contribution is 2.42. The summed E-state index contributed by atoms with van der Waals surface area (Å²) in [6, 6.07) is 14.2. The number of benzene rings is 2. The number of halogens is 4. The molecule has 5 nitrogen and oxygen atoms in total. The topological polar surface area (TPSA) is 59.4 Å². The maximum absolute atomic E-state index is 14.4. The highest BCUT2D eigenvalue weighted by molar-refractivity contribution is 7.91. The van der Waals surface area contributed by atoms with Crippen molar-refractivity contribution >= 4 is 27.3 Å². The van der Waals surface area contributed by atoms with Gasteiger partial charge in [0.15, 0.2) is 9.84 Å². The minimum atomic E-state index is -4.73. The molecule has 10 heteroatoms. The minimum absolute atomic E-state index is 0.0583. The molecule has 0 aliphatic carbocycles. The molecule has 1 aliphatic heterocycles. The number of alkyl halides is 3. The van der Waals surface area contributed by atoms with Crippen molar-refractivity contribution in [2.24, 2.45) is 0 Å². The molecular weight excluding hydrogens is 501 g/mol. The molecule has 0 saturated carbocycles. The molecule has 0 radical (unpaired) electrons. The van der Waals surface area contributed by atoms with E-state index < -0.39 is 33.7 Å². The van der Waals surface area contributed by atoms with Gasteiger partial charge in [0.05, 0.1) is 11.5 Å². The zero-order chi connectivity index (χ0) is 25.5. The molecule has 3 aromatic rings. The standard InChI is InChI=1S/C25H24ClF3N2O3S/c1-16-21(18-8-10-19(26)11-9-18)22(24(32)30(2)20-12-13-35(33,34)15-20)31(23(16)25(27,28)29)14-17-6-4-3-5-7-17/h3-11,20H,12-15H2,1-2H3. The Morgan fingerprint density at radius 1 is 1.11 bits per heavy atom. The number of amides is 1. The van der Waals surface area contributed by atoms with Crippen LogP contribution in [0, 0.1) is 6.92 Å². The van der Waals surface area contributed by atoms with Gasteiger partial charge in [0, 0.05) is 30.2 Å². The summed E-state index contributed by atoms with van der Waals surface area (Å²) in [7, 11) is -1.86. The van der Waals surface area contributed by atoms with Gasteiger partial charge in [0.1, 0.15) is 11.4 Å². The van der Waals surface area contributed by atoms with Gasteiger partial charge in [-0.3, -0.25) is 4.79 Å². The van der Waals surface area contributed by atoms with Gasteiger partial charge in [-0.05, 0) is 42.2 Å². The van der Waals surface area contributed by atoms with E-state index in [9.17, 15) is 26.4 Å². The number of sulfone groups is 1. The number of rotatable bonds is 5. The van der Waals surface area contributed by atoms with E-state index >= 15 is 0 Å². The van der Waals surface area contributed by atoms with Crippen molar-refractivity contribution in [3.05, 3.63) is 82.1 Å². The fourth-order valence-electron chi connectivity index (χ4n) is 4.64. The lowest BCUT2D eigenvalue weighted by molar-refractivity contribution is -0.143. The van der Waals surface area contributed by atoms with E-state index in [-0.39, 0.29) is 41.3 Å². The zero-order valence-corrected chi connectivity index (χ0v) is 20.7. The lowest BCUT2D eigenvalue weighted by Crippen LogP contribution is -2.39. The smallest absolute Gasteiger partial charge is 0.336 e. The van der Waals surface area contributed by atoms with Crippen molar-refractivity contribution in [1.82, 2.24) is 9.47 Å². The Balaban J connectivity index is 1.95. The third-order valence-corrected chi connectivity index (χ3v) is 8.37. The van der Waals surface area contributed by atoms with Crippen molar-refractivity contribution in [3.63, 3.8) is 0 Å². The summed E-state index contributed by atoms with van der Waals surface area (Å²) in [5, 5.41) is 0.410. The van der Waals surface area contributed by atoms with Crippen LogP contribution in [0.15, 0.2) is 54.6 Å². The van der Waals surface area contributed by atoms with Crippen LogP contribution in [-0.4, -0.2) is 48.4 Å². The molecule has 2 aromatic carbocycles. The summed E-state index contributed by atoms with van der Waals surface area (Å²) in [4.78, 5) is 15.1. The summed E-state index contributed by atoms with van der Waals surface area (Å²) in [6.45, 7) is 1.17. The Morgan fingerprint density at radius 3 is 2.29 bits per heavy atom. The third kappa shape index (κ3) is 5.11. The van der Waals surface area contributed by atoms with Gasteiger partial charge in [-0.2, -0.15) is 13.2 Å². The van der Waals surface area contributed by atoms with Gasteiger partial charge in [-0.1, -0.05) is 54.1 Å². The van der Waals surface area contributed by atoms with E-state index in [2.05, 4.69) is 0 Å². The van der Waals surface area contributed by atoms with Crippen molar-refractivity contribution in [2.45, 2.75) is 32.1 Å². The van der Waals surface area contributed by atoms with Crippen molar-refractivity contribution < 1.29 is 26.4 Å². The van der Waals surface area contributed by atoms with Crippen LogP contribution in [0.4, 0.5) is 13.2 Å². The second kappa shape index (κ2) is 9.35. The normalized spacial score (nSPS) is 17.5. The van der Waals surface area contributed by atoms with E-state index in [1.807, 2.05) is 0 Å². The van der Waals surface area contributed by atoms with Gasteiger partial charge < -0.3 is 9.47 Å². The molecule has 1 atom stereocenters. The Labute approximate surface area is 207 Å². The molecule has 4 rings (SSSR count). The lowest BCUT2D eigenvalue weighted by atomic mass is 10.00. The number of aromatic nitrogens is 1. The minimum Gasteiger partial charge on any atom is -0.336 e. The van der Waals surface area contributed by atoms with Crippen LogP contribution in [0.5, 0.6) is 0 Å². The first-order chi connectivity index (χ1) is 16.4. The predicted molar refractivity (Wildman–Crippen MR) is 129 cm³/mol. The van der Waals surface area contributed by atoms with Gasteiger partial charge >= 0.3 is 6.18 Å². The maximum atomic E-state index is 14.4. The predicted octanol–water partition coefficient (Wildman–Crippen LogP) is 5.44. The van der Waals surface area contributed by atoms with E-state index in [1.165, 1.54) is 18.9 Å². The van der Waals surface area contributed by atoms with Gasteiger partial charge in [-0.25, -0.2) is 8.42 Å².